The molecule has 1 fully saturated rings. The predicted molar refractivity (Wildman–Crippen MR) is 86.6 cm³/mol. The van der Waals surface area contributed by atoms with Gasteiger partial charge in [-0.15, -0.1) is 0 Å². The molecule has 2 rings (SSSR count). The van der Waals surface area contributed by atoms with Crippen molar-refractivity contribution in [2.24, 2.45) is 5.92 Å². The van der Waals surface area contributed by atoms with E-state index in [0.717, 1.165) is 17.3 Å². The van der Waals surface area contributed by atoms with Crippen molar-refractivity contribution in [3.8, 4) is 0 Å². The van der Waals surface area contributed by atoms with Crippen LogP contribution >= 0.6 is 0 Å². The van der Waals surface area contributed by atoms with E-state index in [1.807, 2.05) is 24.3 Å². The van der Waals surface area contributed by atoms with E-state index in [0.29, 0.717) is 6.04 Å². The molecule has 1 saturated carbocycles. The first-order valence-corrected chi connectivity index (χ1v) is 7.86. The van der Waals surface area contributed by atoms with Crippen LogP contribution in [0.3, 0.4) is 0 Å². The van der Waals surface area contributed by atoms with Crippen LogP contribution in [0.1, 0.15) is 39.0 Å². The Labute approximate surface area is 127 Å². The fourth-order valence-corrected chi connectivity index (χ4v) is 2.93. The van der Waals surface area contributed by atoms with Crippen LogP contribution in [0.5, 0.6) is 0 Å². The zero-order valence-corrected chi connectivity index (χ0v) is 13.0. The Hall–Kier alpha value is -1.55. The molecule has 0 aromatic heterocycles. The van der Waals surface area contributed by atoms with Gasteiger partial charge in [0.2, 0.25) is 5.91 Å². The van der Waals surface area contributed by atoms with Gasteiger partial charge < -0.3 is 15.4 Å². The Morgan fingerprint density at radius 2 is 1.76 bits per heavy atom. The average molecular weight is 290 g/mol. The van der Waals surface area contributed by atoms with Crippen LogP contribution in [0.25, 0.3) is 0 Å². The van der Waals surface area contributed by atoms with Gasteiger partial charge in [0.1, 0.15) is 6.61 Å². The van der Waals surface area contributed by atoms with Crippen molar-refractivity contribution in [3.63, 3.8) is 0 Å². The van der Waals surface area contributed by atoms with Gasteiger partial charge in [-0.25, -0.2) is 0 Å². The van der Waals surface area contributed by atoms with E-state index in [2.05, 4.69) is 17.6 Å². The van der Waals surface area contributed by atoms with Crippen molar-refractivity contribution in [3.05, 3.63) is 24.3 Å². The fraction of sp³-hybridized carbons (Fsp3) is 0.588. The number of hydrogen-bond acceptors (Lipinski definition) is 3. The van der Waals surface area contributed by atoms with E-state index in [1.165, 1.54) is 39.2 Å². The van der Waals surface area contributed by atoms with E-state index in [9.17, 15) is 4.79 Å². The van der Waals surface area contributed by atoms with Gasteiger partial charge in [0, 0.05) is 24.5 Å². The van der Waals surface area contributed by atoms with E-state index >= 15 is 0 Å². The number of anilines is 2. The summed E-state index contributed by atoms with van der Waals surface area (Å²) >= 11 is 0. The third kappa shape index (κ3) is 5.05. The van der Waals surface area contributed by atoms with Crippen LogP contribution in [0.2, 0.25) is 0 Å². The molecule has 116 valence electrons. The maximum Gasteiger partial charge on any atom is 0.250 e. The van der Waals surface area contributed by atoms with Crippen LogP contribution in [0, 0.1) is 5.92 Å². The Bertz CT molecular complexity index is 437. The molecule has 1 aliphatic rings. The zero-order valence-electron chi connectivity index (χ0n) is 13.0. The predicted octanol–water partition coefficient (Wildman–Crippen LogP) is 3.65. The number of benzene rings is 1. The second kappa shape index (κ2) is 8.03. The third-order valence-corrected chi connectivity index (χ3v) is 4.24. The SMILES string of the molecule is CCC1CCC(Nc2ccc(NC(=O)COC)cc2)CC1. The van der Waals surface area contributed by atoms with Crippen molar-refractivity contribution in [2.75, 3.05) is 24.4 Å². The maximum absolute atomic E-state index is 11.4. The Kier molecular flexibility index (Phi) is 6.05. The largest absolute Gasteiger partial charge is 0.382 e. The summed E-state index contributed by atoms with van der Waals surface area (Å²) in [5.74, 6) is 0.789. The van der Waals surface area contributed by atoms with Crippen LogP contribution in [-0.2, 0) is 9.53 Å². The van der Waals surface area contributed by atoms with E-state index in [4.69, 9.17) is 4.74 Å². The molecule has 0 bridgehead atoms. The van der Waals surface area contributed by atoms with Crippen molar-refractivity contribution >= 4 is 17.3 Å². The van der Waals surface area contributed by atoms with Gasteiger partial charge in [0.05, 0.1) is 0 Å². The minimum absolute atomic E-state index is 0.0840. The van der Waals surface area contributed by atoms with Gasteiger partial charge in [0.15, 0.2) is 0 Å². The van der Waals surface area contributed by atoms with Gasteiger partial charge in [-0.3, -0.25) is 4.79 Å². The molecule has 1 aromatic rings. The van der Waals surface area contributed by atoms with Crippen molar-refractivity contribution in [1.29, 1.82) is 0 Å². The minimum Gasteiger partial charge on any atom is -0.382 e. The summed E-state index contributed by atoms with van der Waals surface area (Å²) in [5, 5.41) is 6.39. The molecule has 0 unspecified atom stereocenters. The first-order valence-electron chi connectivity index (χ1n) is 7.86. The second-order valence-corrected chi connectivity index (χ2v) is 5.83. The van der Waals surface area contributed by atoms with Crippen LogP contribution in [0.15, 0.2) is 24.3 Å². The highest BCUT2D eigenvalue weighted by atomic mass is 16.5. The van der Waals surface area contributed by atoms with Crippen molar-refractivity contribution in [1.82, 2.24) is 0 Å². The molecule has 0 atom stereocenters. The molecule has 0 aliphatic heterocycles. The number of ether oxygens (including phenoxy) is 1. The van der Waals surface area contributed by atoms with E-state index < -0.39 is 0 Å². The Balaban J connectivity index is 1.81. The first kappa shape index (κ1) is 15.8. The van der Waals surface area contributed by atoms with Crippen LogP contribution < -0.4 is 10.6 Å². The highest BCUT2D eigenvalue weighted by Crippen LogP contribution is 2.28. The van der Waals surface area contributed by atoms with Crippen LogP contribution in [-0.4, -0.2) is 25.7 Å². The highest BCUT2D eigenvalue weighted by molar-refractivity contribution is 5.91. The number of methoxy groups -OCH3 is 1. The molecule has 4 nitrogen and oxygen atoms in total. The monoisotopic (exact) mass is 290 g/mol. The van der Waals surface area contributed by atoms with Gasteiger partial charge in [0.25, 0.3) is 0 Å². The third-order valence-electron chi connectivity index (χ3n) is 4.24. The zero-order chi connectivity index (χ0) is 15.1. The molecule has 1 amide bonds. The molecule has 2 N–H and O–H groups in total. The smallest absolute Gasteiger partial charge is 0.250 e. The topological polar surface area (TPSA) is 50.4 Å². The summed E-state index contributed by atoms with van der Waals surface area (Å²) < 4.78 is 4.79. The van der Waals surface area contributed by atoms with Gasteiger partial charge >= 0.3 is 0 Å². The van der Waals surface area contributed by atoms with Crippen molar-refractivity contribution < 1.29 is 9.53 Å². The Morgan fingerprint density at radius 3 is 2.33 bits per heavy atom. The summed E-state index contributed by atoms with van der Waals surface area (Å²) in [6.45, 7) is 2.37. The lowest BCUT2D eigenvalue weighted by atomic mass is 9.84. The lowest BCUT2D eigenvalue weighted by molar-refractivity contribution is -0.119. The van der Waals surface area contributed by atoms with Crippen LogP contribution in [0.4, 0.5) is 11.4 Å². The fourth-order valence-electron chi connectivity index (χ4n) is 2.93. The minimum atomic E-state index is -0.129. The van der Waals surface area contributed by atoms with E-state index in [1.54, 1.807) is 0 Å². The molecule has 21 heavy (non-hydrogen) atoms. The Morgan fingerprint density at radius 1 is 1.14 bits per heavy atom. The van der Waals surface area contributed by atoms with E-state index in [-0.39, 0.29) is 12.5 Å². The molecule has 0 heterocycles. The molecular weight excluding hydrogens is 264 g/mol. The maximum atomic E-state index is 11.4. The first-order chi connectivity index (χ1) is 10.2. The normalized spacial score (nSPS) is 21.8. The van der Waals surface area contributed by atoms with Gasteiger partial charge in [-0.1, -0.05) is 13.3 Å². The molecule has 0 radical (unpaired) electrons. The number of carbonyl (C=O) groups is 1. The summed E-state index contributed by atoms with van der Waals surface area (Å²) in [7, 11) is 1.51. The number of amides is 1. The van der Waals surface area contributed by atoms with Gasteiger partial charge in [-0.2, -0.15) is 0 Å². The molecule has 4 heteroatoms. The molecular formula is C17H26N2O2. The molecule has 1 aromatic carbocycles. The average Bonchev–Trinajstić information content (AvgIpc) is 2.50. The lowest BCUT2D eigenvalue weighted by Gasteiger charge is -2.29. The number of rotatable bonds is 6. The summed E-state index contributed by atoms with van der Waals surface area (Å²) in [6, 6.07) is 8.48. The lowest BCUT2D eigenvalue weighted by Crippen LogP contribution is -2.25. The summed E-state index contributed by atoms with van der Waals surface area (Å²) in [5.41, 5.74) is 1.93. The number of nitrogens with one attached hydrogen (secondary N) is 2. The summed E-state index contributed by atoms with van der Waals surface area (Å²) in [4.78, 5) is 11.4. The van der Waals surface area contributed by atoms with Crippen molar-refractivity contribution in [2.45, 2.75) is 45.1 Å². The standard InChI is InChI=1S/C17H26N2O2/c1-3-13-4-6-14(7-5-13)18-15-8-10-16(11-9-15)19-17(20)12-21-2/h8-11,13-14,18H,3-7,12H2,1-2H3,(H,19,20). The number of carbonyl (C=O) groups excluding carboxylic acids is 1. The highest BCUT2D eigenvalue weighted by Gasteiger charge is 2.19. The second-order valence-electron chi connectivity index (χ2n) is 5.83. The molecule has 1 aliphatic carbocycles. The molecule has 0 saturated heterocycles. The number of hydrogen-bond donors (Lipinski definition) is 2. The molecule has 0 spiro atoms. The van der Waals surface area contributed by atoms with Gasteiger partial charge in [-0.05, 0) is 55.9 Å². The quantitative estimate of drug-likeness (QED) is 0.840. The summed E-state index contributed by atoms with van der Waals surface area (Å²) in [6.07, 6.45) is 6.48.